The highest BCUT2D eigenvalue weighted by Gasteiger charge is 2.42. The van der Waals surface area contributed by atoms with Crippen LogP contribution in [-0.2, 0) is 9.47 Å². The van der Waals surface area contributed by atoms with Gasteiger partial charge in [0.05, 0.1) is 18.3 Å². The molecule has 112 valence electrons. The third-order valence-corrected chi connectivity index (χ3v) is 4.92. The monoisotopic (exact) mass is 300 g/mol. The van der Waals surface area contributed by atoms with Gasteiger partial charge in [0.2, 0.25) is 0 Å². The summed E-state index contributed by atoms with van der Waals surface area (Å²) in [6.45, 7) is -0.983. The lowest BCUT2D eigenvalue weighted by molar-refractivity contribution is -0.184. The minimum atomic E-state index is -4.33. The molecule has 3 unspecified atom stereocenters. The van der Waals surface area contributed by atoms with E-state index in [-0.39, 0.29) is 18.1 Å². The maximum atomic E-state index is 12.0. The van der Waals surface area contributed by atoms with Crippen LogP contribution in [0.3, 0.4) is 0 Å². The van der Waals surface area contributed by atoms with Gasteiger partial charge in [0, 0.05) is 12.4 Å². The molecule has 3 atom stereocenters. The van der Waals surface area contributed by atoms with Crippen LogP contribution in [0.5, 0.6) is 0 Å². The third kappa shape index (κ3) is 4.51. The average Bonchev–Trinajstić information content (AvgIpc) is 2.75. The van der Waals surface area contributed by atoms with E-state index in [0.717, 1.165) is 24.3 Å². The highest BCUT2D eigenvalue weighted by molar-refractivity contribution is 7.99. The number of alkyl halides is 3. The smallest absolute Gasteiger partial charge is 0.390 e. The van der Waals surface area contributed by atoms with E-state index in [1.165, 1.54) is 0 Å². The second kappa shape index (κ2) is 6.20. The Balaban J connectivity index is 1.77. The van der Waals surface area contributed by atoms with Gasteiger partial charge >= 0.3 is 6.18 Å². The van der Waals surface area contributed by atoms with Crippen LogP contribution in [0.25, 0.3) is 0 Å². The number of thioether (sulfide) groups is 1. The van der Waals surface area contributed by atoms with Gasteiger partial charge < -0.3 is 14.6 Å². The average molecular weight is 300 g/mol. The Morgan fingerprint density at radius 2 is 2.26 bits per heavy atom. The van der Waals surface area contributed by atoms with E-state index in [2.05, 4.69) is 4.74 Å². The zero-order valence-electron chi connectivity index (χ0n) is 10.6. The van der Waals surface area contributed by atoms with Gasteiger partial charge in [-0.05, 0) is 30.9 Å². The molecule has 2 saturated heterocycles. The normalized spacial score (nSPS) is 33.8. The summed E-state index contributed by atoms with van der Waals surface area (Å²) in [7, 11) is 0. The number of halogens is 3. The van der Waals surface area contributed by atoms with E-state index < -0.39 is 18.9 Å². The molecule has 2 aliphatic heterocycles. The predicted octanol–water partition coefficient (Wildman–Crippen LogP) is 2.23. The van der Waals surface area contributed by atoms with Crippen LogP contribution >= 0.6 is 11.8 Å². The second-order valence-corrected chi connectivity index (χ2v) is 6.39. The fourth-order valence-electron chi connectivity index (χ4n) is 2.69. The van der Waals surface area contributed by atoms with Crippen molar-refractivity contribution < 1.29 is 27.8 Å². The van der Waals surface area contributed by atoms with Crippen molar-refractivity contribution in [1.29, 1.82) is 0 Å². The molecule has 1 N–H and O–H groups in total. The van der Waals surface area contributed by atoms with E-state index in [4.69, 9.17) is 4.74 Å². The van der Waals surface area contributed by atoms with E-state index in [1.807, 2.05) is 11.8 Å². The van der Waals surface area contributed by atoms with Crippen LogP contribution in [0.4, 0.5) is 13.2 Å². The van der Waals surface area contributed by atoms with Crippen LogP contribution in [0.15, 0.2) is 0 Å². The molecular formula is C12H19F3O3S. The molecule has 2 fully saturated rings. The number of ether oxygens (including phenoxy) is 2. The van der Waals surface area contributed by atoms with Crippen molar-refractivity contribution in [2.24, 2.45) is 5.92 Å². The Kier molecular flexibility index (Phi) is 5.03. The molecule has 0 amide bonds. The van der Waals surface area contributed by atoms with Crippen LogP contribution in [0.2, 0.25) is 0 Å². The molecule has 2 aliphatic rings. The lowest BCUT2D eigenvalue weighted by Gasteiger charge is -2.39. The molecule has 1 spiro atoms. The first kappa shape index (κ1) is 15.4. The summed E-state index contributed by atoms with van der Waals surface area (Å²) in [5, 5.41) is 9.96. The minimum Gasteiger partial charge on any atom is -0.390 e. The topological polar surface area (TPSA) is 38.7 Å². The van der Waals surface area contributed by atoms with E-state index in [0.29, 0.717) is 13.0 Å². The van der Waals surface area contributed by atoms with E-state index in [9.17, 15) is 18.3 Å². The number of rotatable bonds is 4. The molecule has 19 heavy (non-hydrogen) atoms. The molecule has 3 nitrogen and oxygen atoms in total. The molecule has 2 rings (SSSR count). The molecule has 0 radical (unpaired) electrons. The zero-order chi connectivity index (χ0) is 13.9. The first-order valence-electron chi connectivity index (χ1n) is 6.44. The van der Waals surface area contributed by atoms with Gasteiger partial charge in [0.15, 0.2) is 0 Å². The molecule has 0 aliphatic carbocycles. The van der Waals surface area contributed by atoms with E-state index >= 15 is 0 Å². The lowest BCUT2D eigenvalue weighted by atomic mass is 9.82. The van der Waals surface area contributed by atoms with Crippen molar-refractivity contribution in [3.05, 3.63) is 0 Å². The van der Waals surface area contributed by atoms with Gasteiger partial charge in [-0.1, -0.05) is 0 Å². The van der Waals surface area contributed by atoms with Crippen LogP contribution in [-0.4, -0.2) is 54.3 Å². The van der Waals surface area contributed by atoms with Crippen LogP contribution in [0, 0.1) is 5.92 Å². The lowest BCUT2D eigenvalue weighted by Crippen LogP contribution is -2.44. The SMILES string of the molecule is OC(COCC(F)(F)F)C1CCOC2(CCSC2)C1. The fraction of sp³-hybridized carbons (Fsp3) is 1.00. The molecular weight excluding hydrogens is 281 g/mol. The molecule has 0 aromatic heterocycles. The highest BCUT2D eigenvalue weighted by Crippen LogP contribution is 2.41. The first-order chi connectivity index (χ1) is 8.90. The van der Waals surface area contributed by atoms with Crippen LogP contribution < -0.4 is 0 Å². The summed E-state index contributed by atoms with van der Waals surface area (Å²) >= 11 is 1.83. The molecule has 0 aromatic rings. The van der Waals surface area contributed by atoms with Crippen molar-refractivity contribution in [3.63, 3.8) is 0 Å². The van der Waals surface area contributed by atoms with Crippen LogP contribution in [0.1, 0.15) is 19.3 Å². The van der Waals surface area contributed by atoms with Gasteiger partial charge in [-0.25, -0.2) is 0 Å². The largest absolute Gasteiger partial charge is 0.411 e. The first-order valence-corrected chi connectivity index (χ1v) is 7.60. The summed E-state index contributed by atoms with van der Waals surface area (Å²) < 4.78 is 46.2. The van der Waals surface area contributed by atoms with Gasteiger partial charge in [0.25, 0.3) is 0 Å². The molecule has 0 bridgehead atoms. The fourth-order valence-corrected chi connectivity index (χ4v) is 4.07. The summed E-state index contributed by atoms with van der Waals surface area (Å²) in [5.74, 6) is 1.94. The minimum absolute atomic E-state index is 0.0271. The molecule has 7 heteroatoms. The summed E-state index contributed by atoms with van der Waals surface area (Å²) in [5.41, 5.74) is -0.168. The highest BCUT2D eigenvalue weighted by atomic mass is 32.2. The number of hydrogen-bond acceptors (Lipinski definition) is 4. The maximum absolute atomic E-state index is 12.0. The Bertz CT molecular complexity index is 292. The van der Waals surface area contributed by atoms with Gasteiger partial charge in [-0.15, -0.1) is 0 Å². The predicted molar refractivity (Wildman–Crippen MR) is 66.2 cm³/mol. The second-order valence-electron chi connectivity index (χ2n) is 5.28. The van der Waals surface area contributed by atoms with Gasteiger partial charge in [0.1, 0.15) is 6.61 Å². The Morgan fingerprint density at radius 3 is 2.89 bits per heavy atom. The standard InChI is InChI=1S/C12H19F3O3S/c13-12(14,15)7-17-6-10(16)9-1-3-18-11(5-9)2-4-19-8-11/h9-10,16H,1-8H2. The molecule has 0 aromatic carbocycles. The number of aliphatic hydroxyl groups excluding tert-OH is 1. The summed E-state index contributed by atoms with van der Waals surface area (Å²) in [6.07, 6.45) is -2.81. The van der Waals surface area contributed by atoms with E-state index in [1.54, 1.807) is 0 Å². The summed E-state index contributed by atoms with van der Waals surface area (Å²) in [6, 6.07) is 0. The van der Waals surface area contributed by atoms with Crippen molar-refractivity contribution in [2.75, 3.05) is 31.3 Å². The summed E-state index contributed by atoms with van der Waals surface area (Å²) in [4.78, 5) is 0. The Morgan fingerprint density at radius 1 is 1.47 bits per heavy atom. The quantitative estimate of drug-likeness (QED) is 0.864. The number of hydrogen-bond donors (Lipinski definition) is 1. The molecule has 0 saturated carbocycles. The Labute approximate surface area is 114 Å². The van der Waals surface area contributed by atoms with Gasteiger partial charge in [-0.2, -0.15) is 24.9 Å². The third-order valence-electron chi connectivity index (χ3n) is 3.70. The van der Waals surface area contributed by atoms with Crippen molar-refractivity contribution in [1.82, 2.24) is 0 Å². The zero-order valence-corrected chi connectivity index (χ0v) is 11.4. The van der Waals surface area contributed by atoms with Gasteiger partial charge in [-0.3, -0.25) is 0 Å². The van der Waals surface area contributed by atoms with Crippen molar-refractivity contribution >= 4 is 11.8 Å². The Hall–Kier alpha value is 0.0200. The van der Waals surface area contributed by atoms with Crippen molar-refractivity contribution in [2.45, 2.75) is 37.1 Å². The maximum Gasteiger partial charge on any atom is 0.411 e. The number of aliphatic hydroxyl groups is 1. The van der Waals surface area contributed by atoms with Crippen molar-refractivity contribution in [3.8, 4) is 0 Å². The molecule has 2 heterocycles.